The Morgan fingerprint density at radius 3 is 2.62 bits per heavy atom. The Hall–Kier alpha value is -2.72. The van der Waals surface area contributed by atoms with E-state index < -0.39 is 5.97 Å². The van der Waals surface area contributed by atoms with Gasteiger partial charge >= 0.3 is 11.9 Å². The number of aromatic carboxylic acids is 1. The van der Waals surface area contributed by atoms with Crippen LogP contribution in [0.2, 0.25) is 0 Å². The number of carboxylic acid groups (broad SMARTS) is 1. The van der Waals surface area contributed by atoms with Crippen LogP contribution >= 0.6 is 0 Å². The van der Waals surface area contributed by atoms with E-state index in [0.717, 1.165) is 12.0 Å². The Morgan fingerprint density at radius 2 is 2.00 bits per heavy atom. The molecule has 1 aliphatic carbocycles. The number of rotatable bonds is 3. The van der Waals surface area contributed by atoms with Crippen LogP contribution in [0.25, 0.3) is 0 Å². The molecule has 0 aromatic heterocycles. The average Bonchev–Trinajstić information content (AvgIpc) is 3.20. The average molecular weight is 282 g/mol. The van der Waals surface area contributed by atoms with Crippen LogP contribution in [0.5, 0.6) is 0 Å². The zero-order valence-electron chi connectivity index (χ0n) is 11.6. The van der Waals surface area contributed by atoms with Crippen molar-refractivity contribution >= 4 is 11.9 Å². The molecule has 1 aliphatic rings. The molecule has 4 heteroatoms. The summed E-state index contributed by atoms with van der Waals surface area (Å²) in [5.74, 6) is 10.8. The van der Waals surface area contributed by atoms with Crippen molar-refractivity contribution < 1.29 is 19.4 Å². The largest absolute Gasteiger partial charge is 0.478 e. The fraction of sp³-hybridized carbons (Fsp3) is 0.294. The van der Waals surface area contributed by atoms with Gasteiger partial charge in [0.1, 0.15) is 0 Å². The van der Waals surface area contributed by atoms with Crippen molar-refractivity contribution in [2.45, 2.75) is 13.3 Å². The number of benzene rings is 1. The second-order valence-electron chi connectivity index (χ2n) is 4.81. The molecule has 0 aliphatic heterocycles. The van der Waals surface area contributed by atoms with Crippen LogP contribution in [0.4, 0.5) is 0 Å². The lowest BCUT2D eigenvalue weighted by Gasteiger charge is -1.96. The van der Waals surface area contributed by atoms with Gasteiger partial charge in [0.05, 0.1) is 12.2 Å². The molecule has 106 valence electrons. The lowest BCUT2D eigenvalue weighted by Crippen LogP contribution is -2.02. The molecule has 1 fully saturated rings. The smallest absolute Gasteiger partial charge is 0.335 e. The van der Waals surface area contributed by atoms with E-state index in [1.807, 2.05) is 0 Å². The lowest BCUT2D eigenvalue weighted by atomic mass is 10.1. The van der Waals surface area contributed by atoms with Crippen molar-refractivity contribution in [2.24, 2.45) is 11.8 Å². The predicted octanol–water partition coefficient (Wildman–Crippen LogP) is 1.94. The maximum atomic E-state index is 10.7. The van der Waals surface area contributed by atoms with E-state index in [1.165, 1.54) is 19.1 Å². The second-order valence-corrected chi connectivity index (χ2v) is 4.81. The van der Waals surface area contributed by atoms with Crippen molar-refractivity contribution in [3.8, 4) is 23.7 Å². The van der Waals surface area contributed by atoms with Crippen molar-refractivity contribution in [2.75, 3.05) is 6.61 Å². The van der Waals surface area contributed by atoms with Crippen LogP contribution in [0.3, 0.4) is 0 Å². The molecule has 1 aromatic carbocycles. The van der Waals surface area contributed by atoms with Crippen LogP contribution in [0.1, 0.15) is 29.3 Å². The van der Waals surface area contributed by atoms with Crippen molar-refractivity contribution in [3.05, 3.63) is 35.4 Å². The highest BCUT2D eigenvalue weighted by Crippen LogP contribution is 2.37. The molecule has 1 saturated carbocycles. The monoisotopic (exact) mass is 282 g/mol. The van der Waals surface area contributed by atoms with Crippen LogP contribution in [-0.4, -0.2) is 23.7 Å². The van der Waals surface area contributed by atoms with Crippen molar-refractivity contribution in [3.63, 3.8) is 0 Å². The Kier molecular flexibility index (Phi) is 4.64. The Labute approximate surface area is 123 Å². The predicted molar refractivity (Wildman–Crippen MR) is 76.3 cm³/mol. The SMILES string of the molecule is CC(=O)OC[C@H]1C[C@@H]1C#CC#Cc1ccc(C(=O)O)cc1. The summed E-state index contributed by atoms with van der Waals surface area (Å²) in [5.41, 5.74) is 0.958. The molecular weight excluding hydrogens is 268 g/mol. The van der Waals surface area contributed by atoms with Gasteiger partial charge in [-0.1, -0.05) is 11.8 Å². The molecule has 0 spiro atoms. The fourth-order valence-electron chi connectivity index (χ4n) is 1.76. The first-order chi connectivity index (χ1) is 10.1. The Balaban J connectivity index is 1.84. The second kappa shape index (κ2) is 6.63. The molecule has 21 heavy (non-hydrogen) atoms. The maximum Gasteiger partial charge on any atom is 0.335 e. The van der Waals surface area contributed by atoms with E-state index in [9.17, 15) is 9.59 Å². The highest BCUT2D eigenvalue weighted by atomic mass is 16.5. The third-order valence-corrected chi connectivity index (χ3v) is 3.08. The first kappa shape index (κ1) is 14.7. The highest BCUT2D eigenvalue weighted by molar-refractivity contribution is 5.87. The Morgan fingerprint density at radius 1 is 1.29 bits per heavy atom. The minimum atomic E-state index is -0.957. The third-order valence-electron chi connectivity index (χ3n) is 3.08. The molecule has 0 radical (unpaired) electrons. The number of ether oxygens (including phenoxy) is 1. The summed E-state index contributed by atoms with van der Waals surface area (Å²) in [6, 6.07) is 6.32. The molecule has 0 heterocycles. The van der Waals surface area contributed by atoms with E-state index in [1.54, 1.807) is 12.1 Å². The quantitative estimate of drug-likeness (QED) is 0.679. The highest BCUT2D eigenvalue weighted by Gasteiger charge is 2.36. The normalized spacial score (nSPS) is 18.5. The zero-order valence-corrected chi connectivity index (χ0v) is 11.6. The van der Waals surface area contributed by atoms with Gasteiger partial charge < -0.3 is 9.84 Å². The minimum Gasteiger partial charge on any atom is -0.478 e. The van der Waals surface area contributed by atoms with Gasteiger partial charge in [0.25, 0.3) is 0 Å². The number of esters is 1. The van der Waals surface area contributed by atoms with Gasteiger partial charge in [-0.15, -0.1) is 0 Å². The van der Waals surface area contributed by atoms with Gasteiger partial charge in [-0.25, -0.2) is 4.79 Å². The van der Waals surface area contributed by atoms with Gasteiger partial charge in [-0.2, -0.15) is 0 Å². The van der Waals surface area contributed by atoms with Gasteiger partial charge in [-0.3, -0.25) is 4.79 Å². The molecule has 0 amide bonds. The molecule has 1 aromatic rings. The first-order valence-electron chi connectivity index (χ1n) is 6.54. The maximum absolute atomic E-state index is 10.7. The van der Waals surface area contributed by atoms with E-state index in [2.05, 4.69) is 23.7 Å². The summed E-state index contributed by atoms with van der Waals surface area (Å²) in [7, 11) is 0. The molecule has 0 bridgehead atoms. The topological polar surface area (TPSA) is 63.6 Å². The lowest BCUT2D eigenvalue weighted by molar-refractivity contribution is -0.141. The number of hydrogen-bond acceptors (Lipinski definition) is 3. The number of carboxylic acids is 1. The summed E-state index contributed by atoms with van der Waals surface area (Å²) < 4.78 is 4.91. The number of carbonyl (C=O) groups excluding carboxylic acids is 1. The number of hydrogen-bond donors (Lipinski definition) is 1. The zero-order chi connectivity index (χ0) is 15.2. The number of carbonyl (C=O) groups is 2. The fourth-order valence-corrected chi connectivity index (χ4v) is 1.76. The van der Waals surface area contributed by atoms with Gasteiger partial charge in [0.15, 0.2) is 0 Å². The standard InChI is InChI=1S/C17H14O4/c1-12(18)21-11-16-10-15(16)5-3-2-4-13-6-8-14(9-7-13)17(19)20/h6-9,15-16H,10-11H2,1H3,(H,19,20)/t15-,16+/m0/s1. The van der Waals surface area contributed by atoms with Crippen LogP contribution in [0, 0.1) is 35.5 Å². The van der Waals surface area contributed by atoms with E-state index in [0.29, 0.717) is 12.5 Å². The molecule has 0 unspecified atom stereocenters. The molecular formula is C17H14O4. The summed E-state index contributed by atoms with van der Waals surface area (Å²) in [5, 5.41) is 8.77. The van der Waals surface area contributed by atoms with E-state index >= 15 is 0 Å². The summed E-state index contributed by atoms with van der Waals surface area (Å²) in [6.07, 6.45) is 0.940. The summed E-state index contributed by atoms with van der Waals surface area (Å²) >= 11 is 0. The third kappa shape index (κ3) is 4.71. The Bertz CT molecular complexity index is 665. The first-order valence-corrected chi connectivity index (χ1v) is 6.54. The van der Waals surface area contributed by atoms with Crippen LogP contribution < -0.4 is 0 Å². The van der Waals surface area contributed by atoms with E-state index in [4.69, 9.17) is 9.84 Å². The van der Waals surface area contributed by atoms with Crippen LogP contribution in [0.15, 0.2) is 24.3 Å². The van der Waals surface area contributed by atoms with Crippen molar-refractivity contribution in [1.29, 1.82) is 0 Å². The molecule has 2 rings (SSSR count). The summed E-state index contributed by atoms with van der Waals surface area (Å²) in [6.45, 7) is 1.82. The van der Waals surface area contributed by atoms with Gasteiger partial charge in [0.2, 0.25) is 0 Å². The van der Waals surface area contributed by atoms with Gasteiger partial charge in [0, 0.05) is 24.3 Å². The minimum absolute atomic E-state index is 0.234. The van der Waals surface area contributed by atoms with Gasteiger partial charge in [-0.05, 0) is 42.5 Å². The molecule has 2 atom stereocenters. The van der Waals surface area contributed by atoms with E-state index in [-0.39, 0.29) is 17.5 Å². The molecule has 4 nitrogen and oxygen atoms in total. The van der Waals surface area contributed by atoms with Crippen molar-refractivity contribution in [1.82, 2.24) is 0 Å². The molecule has 1 N–H and O–H groups in total. The van der Waals surface area contributed by atoms with Crippen LogP contribution in [-0.2, 0) is 9.53 Å². The molecule has 0 saturated heterocycles. The summed E-state index contributed by atoms with van der Waals surface area (Å²) in [4.78, 5) is 21.3.